The Morgan fingerprint density at radius 2 is 2.08 bits per heavy atom. The molecule has 1 aromatic rings. The van der Waals surface area contributed by atoms with Crippen LogP contribution in [0.15, 0.2) is 23.3 Å². The Bertz CT molecular complexity index is 469. The number of hydrogen-bond donors (Lipinski definition) is 2. The summed E-state index contributed by atoms with van der Waals surface area (Å²) in [7, 11) is 3.42. The molecular formula is C17H30N4O3. The third-order valence-electron chi connectivity index (χ3n) is 3.15. The summed E-state index contributed by atoms with van der Waals surface area (Å²) >= 11 is 0. The molecule has 2 N–H and O–H groups in total. The average molecular weight is 338 g/mol. The zero-order valence-electron chi connectivity index (χ0n) is 15.0. The van der Waals surface area contributed by atoms with Gasteiger partial charge in [0.15, 0.2) is 5.96 Å². The van der Waals surface area contributed by atoms with Crippen LogP contribution < -0.4 is 15.4 Å². The van der Waals surface area contributed by atoms with Crippen molar-refractivity contribution in [1.82, 2.24) is 15.6 Å². The van der Waals surface area contributed by atoms with E-state index in [1.807, 2.05) is 12.1 Å². The van der Waals surface area contributed by atoms with Gasteiger partial charge >= 0.3 is 0 Å². The van der Waals surface area contributed by atoms with E-state index in [-0.39, 0.29) is 0 Å². The van der Waals surface area contributed by atoms with E-state index < -0.39 is 0 Å². The van der Waals surface area contributed by atoms with Gasteiger partial charge in [-0.2, -0.15) is 0 Å². The molecule has 0 aliphatic carbocycles. The largest absolute Gasteiger partial charge is 0.477 e. The normalized spacial score (nSPS) is 11.4. The van der Waals surface area contributed by atoms with Crippen LogP contribution in [0.3, 0.4) is 0 Å². The molecule has 0 radical (unpaired) electrons. The zero-order valence-corrected chi connectivity index (χ0v) is 15.0. The lowest BCUT2D eigenvalue weighted by atomic mass is 10.2. The SMILES string of the molecule is CCCOc1ncccc1CNC(=NC)NCCCOCCOC. The monoisotopic (exact) mass is 338 g/mol. The number of pyridine rings is 1. The minimum absolute atomic E-state index is 0.608. The molecular weight excluding hydrogens is 308 g/mol. The lowest BCUT2D eigenvalue weighted by Crippen LogP contribution is -2.37. The van der Waals surface area contributed by atoms with Crippen molar-refractivity contribution >= 4 is 5.96 Å². The summed E-state index contributed by atoms with van der Waals surface area (Å²) in [5.74, 6) is 1.42. The first-order valence-electron chi connectivity index (χ1n) is 8.39. The zero-order chi connectivity index (χ0) is 17.5. The second-order valence-corrected chi connectivity index (χ2v) is 5.13. The van der Waals surface area contributed by atoms with Gasteiger partial charge in [0, 0.05) is 45.6 Å². The molecule has 1 aromatic heterocycles. The summed E-state index contributed by atoms with van der Waals surface area (Å²) < 4.78 is 16.0. The summed E-state index contributed by atoms with van der Waals surface area (Å²) in [6.45, 7) is 6.10. The molecule has 0 unspecified atom stereocenters. The van der Waals surface area contributed by atoms with Crippen LogP contribution >= 0.6 is 0 Å². The van der Waals surface area contributed by atoms with Crippen LogP contribution in [0.4, 0.5) is 0 Å². The maximum absolute atomic E-state index is 5.66. The molecule has 1 heterocycles. The molecule has 24 heavy (non-hydrogen) atoms. The number of methoxy groups -OCH3 is 1. The highest BCUT2D eigenvalue weighted by atomic mass is 16.5. The molecule has 0 aliphatic heterocycles. The predicted molar refractivity (Wildman–Crippen MR) is 95.5 cm³/mol. The number of ether oxygens (including phenoxy) is 3. The lowest BCUT2D eigenvalue weighted by Gasteiger charge is -2.14. The van der Waals surface area contributed by atoms with Gasteiger partial charge in [-0.25, -0.2) is 4.98 Å². The second kappa shape index (κ2) is 13.6. The Balaban J connectivity index is 2.29. The molecule has 0 bridgehead atoms. The van der Waals surface area contributed by atoms with Crippen molar-refractivity contribution in [2.75, 3.05) is 47.1 Å². The standard InChI is InChI=1S/C17H30N4O3/c1-4-10-24-16-15(7-5-8-19-16)14-21-17(18-2)20-9-6-11-23-13-12-22-3/h5,7-8H,4,6,9-14H2,1-3H3,(H2,18,20,21). The van der Waals surface area contributed by atoms with E-state index in [1.54, 1.807) is 20.4 Å². The summed E-state index contributed by atoms with van der Waals surface area (Å²) in [5, 5.41) is 6.53. The molecule has 0 fully saturated rings. The maximum atomic E-state index is 5.66. The third kappa shape index (κ3) is 8.69. The Kier molecular flexibility index (Phi) is 11.4. The van der Waals surface area contributed by atoms with E-state index in [0.717, 1.165) is 30.9 Å². The number of aliphatic imine (C=N–C) groups is 1. The first-order chi connectivity index (χ1) is 11.8. The number of nitrogens with zero attached hydrogens (tertiary/aromatic N) is 2. The first kappa shape index (κ1) is 20.2. The molecule has 1 rings (SSSR count). The Morgan fingerprint density at radius 3 is 2.83 bits per heavy atom. The Hall–Kier alpha value is -1.86. The van der Waals surface area contributed by atoms with E-state index in [1.165, 1.54) is 0 Å². The van der Waals surface area contributed by atoms with Crippen molar-refractivity contribution < 1.29 is 14.2 Å². The first-order valence-corrected chi connectivity index (χ1v) is 8.39. The molecule has 0 atom stereocenters. The molecule has 0 spiro atoms. The van der Waals surface area contributed by atoms with Crippen LogP contribution in [-0.4, -0.2) is 58.1 Å². The minimum atomic E-state index is 0.608. The number of nitrogens with one attached hydrogen (secondary N) is 2. The number of rotatable bonds is 12. The van der Waals surface area contributed by atoms with Crippen LogP contribution in [0.1, 0.15) is 25.3 Å². The second-order valence-electron chi connectivity index (χ2n) is 5.13. The van der Waals surface area contributed by atoms with Gasteiger partial charge in [-0.15, -0.1) is 0 Å². The van der Waals surface area contributed by atoms with Gasteiger partial charge in [-0.1, -0.05) is 13.0 Å². The van der Waals surface area contributed by atoms with Crippen molar-refractivity contribution in [3.05, 3.63) is 23.9 Å². The highest BCUT2D eigenvalue weighted by molar-refractivity contribution is 5.79. The molecule has 0 amide bonds. The minimum Gasteiger partial charge on any atom is -0.477 e. The molecule has 7 nitrogen and oxygen atoms in total. The van der Waals surface area contributed by atoms with Crippen LogP contribution in [0.2, 0.25) is 0 Å². The van der Waals surface area contributed by atoms with E-state index in [9.17, 15) is 0 Å². The number of hydrogen-bond acceptors (Lipinski definition) is 5. The van der Waals surface area contributed by atoms with Crippen LogP contribution in [0, 0.1) is 0 Å². The van der Waals surface area contributed by atoms with Gasteiger partial charge in [0.2, 0.25) is 5.88 Å². The van der Waals surface area contributed by atoms with Crippen molar-refractivity contribution in [2.24, 2.45) is 4.99 Å². The summed E-state index contributed by atoms with van der Waals surface area (Å²) in [5.41, 5.74) is 1.01. The quantitative estimate of drug-likeness (QED) is 0.342. The molecule has 0 aliphatic rings. The molecule has 0 saturated heterocycles. The Labute approximate surface area is 144 Å². The highest BCUT2D eigenvalue weighted by Gasteiger charge is 2.05. The summed E-state index contributed by atoms with van der Waals surface area (Å²) in [6.07, 6.45) is 3.60. The Morgan fingerprint density at radius 1 is 1.21 bits per heavy atom. The van der Waals surface area contributed by atoms with E-state index in [4.69, 9.17) is 14.2 Å². The van der Waals surface area contributed by atoms with E-state index in [0.29, 0.717) is 38.9 Å². The highest BCUT2D eigenvalue weighted by Crippen LogP contribution is 2.13. The fourth-order valence-corrected chi connectivity index (χ4v) is 1.91. The predicted octanol–water partition coefficient (Wildman–Crippen LogP) is 1.59. The van der Waals surface area contributed by atoms with Gasteiger partial charge < -0.3 is 24.8 Å². The summed E-state index contributed by atoms with van der Waals surface area (Å²) in [4.78, 5) is 8.50. The van der Waals surface area contributed by atoms with Crippen LogP contribution in [0.5, 0.6) is 5.88 Å². The van der Waals surface area contributed by atoms with Gasteiger partial charge in [-0.3, -0.25) is 4.99 Å². The van der Waals surface area contributed by atoms with E-state index in [2.05, 4.69) is 27.5 Å². The average Bonchev–Trinajstić information content (AvgIpc) is 2.62. The smallest absolute Gasteiger partial charge is 0.218 e. The van der Waals surface area contributed by atoms with Crippen molar-refractivity contribution in [3.63, 3.8) is 0 Å². The van der Waals surface area contributed by atoms with Gasteiger partial charge in [0.25, 0.3) is 0 Å². The third-order valence-corrected chi connectivity index (χ3v) is 3.15. The van der Waals surface area contributed by atoms with Crippen molar-refractivity contribution in [1.29, 1.82) is 0 Å². The fourth-order valence-electron chi connectivity index (χ4n) is 1.91. The van der Waals surface area contributed by atoms with Gasteiger partial charge in [-0.05, 0) is 18.9 Å². The van der Waals surface area contributed by atoms with Crippen LogP contribution in [0.25, 0.3) is 0 Å². The van der Waals surface area contributed by atoms with Gasteiger partial charge in [0.1, 0.15) is 0 Å². The molecule has 0 saturated carbocycles. The lowest BCUT2D eigenvalue weighted by molar-refractivity contribution is 0.0698. The van der Waals surface area contributed by atoms with Gasteiger partial charge in [0.05, 0.1) is 19.8 Å². The molecule has 0 aromatic carbocycles. The van der Waals surface area contributed by atoms with Crippen molar-refractivity contribution in [3.8, 4) is 5.88 Å². The number of guanidine groups is 1. The topological polar surface area (TPSA) is 77.0 Å². The molecule has 7 heteroatoms. The fraction of sp³-hybridized carbons (Fsp3) is 0.647. The maximum Gasteiger partial charge on any atom is 0.218 e. The number of aromatic nitrogens is 1. The molecule has 136 valence electrons. The van der Waals surface area contributed by atoms with Crippen molar-refractivity contribution in [2.45, 2.75) is 26.3 Å². The van der Waals surface area contributed by atoms with Crippen LogP contribution in [-0.2, 0) is 16.0 Å². The van der Waals surface area contributed by atoms with E-state index >= 15 is 0 Å². The summed E-state index contributed by atoms with van der Waals surface area (Å²) in [6, 6.07) is 3.91.